The molecule has 11 heteroatoms. The third-order valence-electron chi connectivity index (χ3n) is 4.35. The second kappa shape index (κ2) is 13.1. The fourth-order valence-electron chi connectivity index (χ4n) is 2.77. The van der Waals surface area contributed by atoms with Crippen LogP contribution in [0.4, 0.5) is 4.79 Å². The van der Waals surface area contributed by atoms with Crippen LogP contribution in [0.2, 0.25) is 10.0 Å². The average molecular weight is 464 g/mol. The fraction of sp³-hybridized carbons (Fsp3) is 0.526. The highest BCUT2D eigenvalue weighted by Crippen LogP contribution is 2.26. The molecule has 2 amide bonds. The Bertz CT molecular complexity index is 698. The first kappa shape index (κ1) is 25.8. The number of halogens is 2. The third-order valence-corrected chi connectivity index (χ3v) is 4.79. The van der Waals surface area contributed by atoms with Gasteiger partial charge >= 0.3 is 18.0 Å². The van der Waals surface area contributed by atoms with Crippen LogP contribution in [0.25, 0.3) is 0 Å². The lowest BCUT2D eigenvalue weighted by Gasteiger charge is -2.21. The van der Waals surface area contributed by atoms with Crippen LogP contribution in [0.3, 0.4) is 0 Å². The Kier molecular flexibility index (Phi) is 11.3. The number of carbonyl (C=O) groups excluding carboxylic acids is 1. The summed E-state index contributed by atoms with van der Waals surface area (Å²) in [5, 5.41) is 18.8. The maximum atomic E-state index is 12.2. The quantitative estimate of drug-likeness (QED) is 0.531. The SMILES string of the molecule is CCN(CC)CCNC(=O)N1CCC(Oc2cc(Cl)cc(Cl)c2)C1.O=C(O)C(=O)O. The number of amides is 2. The maximum absolute atomic E-state index is 12.2. The molecule has 1 heterocycles. The van der Waals surface area contributed by atoms with Crippen LogP contribution in [0.15, 0.2) is 18.2 Å². The summed E-state index contributed by atoms with van der Waals surface area (Å²) in [6.45, 7) is 9.02. The van der Waals surface area contributed by atoms with Crippen molar-refractivity contribution in [2.45, 2.75) is 26.4 Å². The molecule has 168 valence electrons. The molecule has 0 aromatic heterocycles. The second-order valence-corrected chi connectivity index (χ2v) is 7.32. The molecule has 0 saturated carbocycles. The van der Waals surface area contributed by atoms with Gasteiger partial charge in [-0.3, -0.25) is 0 Å². The zero-order valence-corrected chi connectivity index (χ0v) is 18.4. The van der Waals surface area contributed by atoms with Crippen molar-refractivity contribution in [1.82, 2.24) is 15.1 Å². The molecule has 1 aliphatic heterocycles. The molecule has 9 nitrogen and oxygen atoms in total. The molecule has 0 aliphatic carbocycles. The number of aliphatic carboxylic acids is 2. The van der Waals surface area contributed by atoms with E-state index in [-0.39, 0.29) is 12.1 Å². The van der Waals surface area contributed by atoms with E-state index in [1.807, 2.05) is 0 Å². The number of benzene rings is 1. The maximum Gasteiger partial charge on any atom is 0.414 e. The zero-order chi connectivity index (χ0) is 22.7. The molecular weight excluding hydrogens is 437 g/mol. The van der Waals surface area contributed by atoms with E-state index < -0.39 is 11.9 Å². The lowest BCUT2D eigenvalue weighted by molar-refractivity contribution is -0.159. The minimum absolute atomic E-state index is 0.0302. The van der Waals surface area contributed by atoms with Crippen LogP contribution in [0, 0.1) is 0 Å². The van der Waals surface area contributed by atoms with E-state index in [0.29, 0.717) is 35.4 Å². The lowest BCUT2D eigenvalue weighted by atomic mass is 10.3. The molecule has 1 saturated heterocycles. The Balaban J connectivity index is 0.000000656. The average Bonchev–Trinajstić information content (AvgIpc) is 3.13. The largest absolute Gasteiger partial charge is 0.488 e. The number of ether oxygens (including phenoxy) is 1. The van der Waals surface area contributed by atoms with Gasteiger partial charge in [-0.1, -0.05) is 37.0 Å². The van der Waals surface area contributed by atoms with E-state index in [9.17, 15) is 4.79 Å². The first-order valence-electron chi connectivity index (χ1n) is 9.50. The normalized spacial score (nSPS) is 15.4. The van der Waals surface area contributed by atoms with Crippen molar-refractivity contribution < 1.29 is 29.3 Å². The van der Waals surface area contributed by atoms with E-state index in [0.717, 1.165) is 26.1 Å². The van der Waals surface area contributed by atoms with Crippen molar-refractivity contribution >= 4 is 41.2 Å². The first-order chi connectivity index (χ1) is 14.2. The molecule has 2 rings (SSSR count). The summed E-state index contributed by atoms with van der Waals surface area (Å²) in [6, 6.07) is 5.11. The minimum atomic E-state index is -1.82. The first-order valence-corrected chi connectivity index (χ1v) is 10.3. The fourth-order valence-corrected chi connectivity index (χ4v) is 3.28. The van der Waals surface area contributed by atoms with Gasteiger partial charge in [-0.25, -0.2) is 14.4 Å². The summed E-state index contributed by atoms with van der Waals surface area (Å²) in [4.78, 5) is 34.5. The smallest absolute Gasteiger partial charge is 0.414 e. The van der Waals surface area contributed by atoms with Gasteiger partial charge in [0.25, 0.3) is 0 Å². The Morgan fingerprint density at radius 3 is 2.20 bits per heavy atom. The Morgan fingerprint density at radius 1 is 1.13 bits per heavy atom. The molecule has 1 atom stereocenters. The summed E-state index contributed by atoms with van der Waals surface area (Å²) >= 11 is 12.0. The number of nitrogens with one attached hydrogen (secondary N) is 1. The summed E-state index contributed by atoms with van der Waals surface area (Å²) in [5.74, 6) is -3.01. The lowest BCUT2D eigenvalue weighted by Crippen LogP contribution is -2.42. The monoisotopic (exact) mass is 463 g/mol. The highest BCUT2D eigenvalue weighted by Gasteiger charge is 2.27. The van der Waals surface area contributed by atoms with Gasteiger partial charge in [-0.2, -0.15) is 0 Å². The highest BCUT2D eigenvalue weighted by molar-refractivity contribution is 6.34. The number of hydrogen-bond donors (Lipinski definition) is 3. The number of hydrogen-bond acceptors (Lipinski definition) is 5. The number of carbonyl (C=O) groups is 3. The van der Waals surface area contributed by atoms with E-state index in [1.54, 1.807) is 23.1 Å². The van der Waals surface area contributed by atoms with Crippen molar-refractivity contribution in [2.24, 2.45) is 0 Å². The van der Waals surface area contributed by atoms with Crippen LogP contribution < -0.4 is 10.1 Å². The second-order valence-electron chi connectivity index (χ2n) is 6.45. The molecule has 0 bridgehead atoms. The van der Waals surface area contributed by atoms with Crippen molar-refractivity contribution in [3.05, 3.63) is 28.2 Å². The van der Waals surface area contributed by atoms with Gasteiger partial charge in [0.2, 0.25) is 0 Å². The zero-order valence-electron chi connectivity index (χ0n) is 16.9. The van der Waals surface area contributed by atoms with Crippen LogP contribution in [-0.2, 0) is 9.59 Å². The van der Waals surface area contributed by atoms with Gasteiger partial charge in [0, 0.05) is 36.1 Å². The van der Waals surface area contributed by atoms with E-state index >= 15 is 0 Å². The van der Waals surface area contributed by atoms with Crippen molar-refractivity contribution in [2.75, 3.05) is 39.3 Å². The highest BCUT2D eigenvalue weighted by atomic mass is 35.5. The summed E-state index contributed by atoms with van der Waals surface area (Å²) in [5.41, 5.74) is 0. The summed E-state index contributed by atoms with van der Waals surface area (Å²) in [6.07, 6.45) is 0.765. The Morgan fingerprint density at radius 2 is 1.70 bits per heavy atom. The van der Waals surface area contributed by atoms with Gasteiger partial charge in [0.15, 0.2) is 0 Å². The molecule has 30 heavy (non-hydrogen) atoms. The molecule has 1 aromatic carbocycles. The number of likely N-dealkylation sites (N-methyl/N-ethyl adjacent to an activating group) is 1. The number of carboxylic acid groups (broad SMARTS) is 2. The van der Waals surface area contributed by atoms with E-state index in [1.165, 1.54) is 0 Å². The van der Waals surface area contributed by atoms with Gasteiger partial charge in [-0.15, -0.1) is 0 Å². The molecule has 3 N–H and O–H groups in total. The van der Waals surface area contributed by atoms with Crippen LogP contribution in [-0.4, -0.2) is 83.4 Å². The van der Waals surface area contributed by atoms with Crippen molar-refractivity contribution in [3.8, 4) is 5.75 Å². The molecule has 1 unspecified atom stereocenters. The summed E-state index contributed by atoms with van der Waals surface area (Å²) < 4.78 is 5.90. The molecular formula is C19H27Cl2N3O6. The van der Waals surface area contributed by atoms with E-state index in [2.05, 4.69) is 24.1 Å². The number of rotatable bonds is 7. The molecule has 1 fully saturated rings. The number of nitrogens with zero attached hydrogens (tertiary/aromatic N) is 2. The van der Waals surface area contributed by atoms with Crippen LogP contribution in [0.5, 0.6) is 5.75 Å². The molecule has 0 spiro atoms. The third kappa shape index (κ3) is 9.51. The van der Waals surface area contributed by atoms with Crippen molar-refractivity contribution in [1.29, 1.82) is 0 Å². The van der Waals surface area contributed by atoms with Crippen LogP contribution >= 0.6 is 23.2 Å². The van der Waals surface area contributed by atoms with E-state index in [4.69, 9.17) is 47.7 Å². The molecule has 0 radical (unpaired) electrons. The topological polar surface area (TPSA) is 119 Å². The standard InChI is InChI=1S/C17H25Cl2N3O2.C2H2O4/c1-3-21(4-2)8-6-20-17(23)22-7-5-15(12-22)24-16-10-13(18)9-14(19)11-16;3-1(4)2(5)6/h9-11,15H,3-8,12H2,1-2H3,(H,20,23);(H,3,4)(H,5,6). The number of urea groups is 1. The van der Waals surface area contributed by atoms with Gasteiger partial charge in [0.1, 0.15) is 11.9 Å². The minimum Gasteiger partial charge on any atom is -0.488 e. The molecule has 1 aromatic rings. The number of carboxylic acids is 2. The molecule has 1 aliphatic rings. The Labute approximate surface area is 185 Å². The predicted molar refractivity (Wildman–Crippen MR) is 114 cm³/mol. The summed E-state index contributed by atoms with van der Waals surface area (Å²) in [7, 11) is 0. The van der Waals surface area contributed by atoms with Crippen LogP contribution in [0.1, 0.15) is 20.3 Å². The van der Waals surface area contributed by atoms with Gasteiger partial charge in [0.05, 0.1) is 6.54 Å². The van der Waals surface area contributed by atoms with Crippen molar-refractivity contribution in [3.63, 3.8) is 0 Å². The van der Waals surface area contributed by atoms with Gasteiger partial charge in [-0.05, 0) is 31.3 Å². The predicted octanol–water partition coefficient (Wildman–Crippen LogP) is 2.65. The number of likely N-dealkylation sites (tertiary alicyclic amines) is 1. The van der Waals surface area contributed by atoms with Gasteiger partial charge < -0.3 is 30.1 Å². The Hall–Kier alpha value is -2.23.